The van der Waals surface area contributed by atoms with E-state index in [-0.39, 0.29) is 59.5 Å². The Hall–Kier alpha value is -5.22. The van der Waals surface area contributed by atoms with E-state index >= 15 is 4.79 Å². The number of phenolic OH excluding ortho intramolecular Hbond substituents is 1. The highest BCUT2D eigenvalue weighted by molar-refractivity contribution is 6.19. The van der Waals surface area contributed by atoms with Crippen molar-refractivity contribution in [3.8, 4) is 17.2 Å². The summed E-state index contributed by atoms with van der Waals surface area (Å²) < 4.78 is 31.1. The highest BCUT2D eigenvalue weighted by Crippen LogP contribution is 2.62. The zero-order valence-corrected chi connectivity index (χ0v) is 35.2. The molecular weight excluding hydrogens is 737 g/mol. The zero-order chi connectivity index (χ0) is 42.2. The van der Waals surface area contributed by atoms with Crippen molar-refractivity contribution in [1.29, 1.82) is 0 Å². The lowest BCUT2D eigenvalue weighted by Crippen LogP contribution is -2.75. The minimum atomic E-state index is -1.70. The first kappa shape index (κ1) is 42.4. The van der Waals surface area contributed by atoms with Crippen LogP contribution in [-0.4, -0.2) is 59.1 Å². The van der Waals surface area contributed by atoms with Gasteiger partial charge in [-0.3, -0.25) is 9.59 Å². The van der Waals surface area contributed by atoms with E-state index in [4.69, 9.17) is 23.7 Å². The molecule has 1 fully saturated rings. The molecule has 5 atom stereocenters. The van der Waals surface area contributed by atoms with E-state index in [0.717, 1.165) is 12.0 Å². The van der Waals surface area contributed by atoms with Crippen LogP contribution in [0.15, 0.2) is 76.9 Å². The number of aromatic hydroxyl groups is 1. The third kappa shape index (κ3) is 7.36. The number of hydrogen-bond donors (Lipinski definition) is 1. The molecule has 2 aliphatic heterocycles. The first-order valence-electron chi connectivity index (χ1n) is 20.3. The topological polar surface area (TPSA) is 135 Å². The number of phenols is 1. The Morgan fingerprint density at radius 3 is 2.29 bits per heavy atom. The quantitative estimate of drug-likeness (QED) is 0.112. The molecule has 7 rings (SSSR count). The van der Waals surface area contributed by atoms with E-state index in [0.29, 0.717) is 53.7 Å². The molecule has 3 unspecified atom stereocenters. The number of fused-ring (bicyclic) bond motifs is 4. The van der Waals surface area contributed by atoms with Gasteiger partial charge in [0.15, 0.2) is 22.8 Å². The molecule has 10 nitrogen and oxygen atoms in total. The van der Waals surface area contributed by atoms with E-state index in [1.807, 2.05) is 45.9 Å². The zero-order valence-electron chi connectivity index (χ0n) is 35.2. The van der Waals surface area contributed by atoms with Gasteiger partial charge in [-0.15, -0.1) is 0 Å². The van der Waals surface area contributed by atoms with Gasteiger partial charge in [0.05, 0.1) is 17.7 Å². The van der Waals surface area contributed by atoms with Crippen LogP contribution in [0.3, 0.4) is 0 Å². The lowest BCUT2D eigenvalue weighted by Gasteiger charge is -2.61. The van der Waals surface area contributed by atoms with Crippen LogP contribution in [-0.2, 0) is 36.8 Å². The molecule has 2 heterocycles. The second-order valence-electron chi connectivity index (χ2n) is 16.5. The third-order valence-electron chi connectivity index (χ3n) is 12.0. The average molecular weight is 793 g/mol. The van der Waals surface area contributed by atoms with Crippen molar-refractivity contribution in [2.75, 3.05) is 13.7 Å². The summed E-state index contributed by atoms with van der Waals surface area (Å²) in [6, 6.07) is 6.61. The average Bonchev–Trinajstić information content (AvgIpc) is 3.19. The summed E-state index contributed by atoms with van der Waals surface area (Å²) in [5, 5.41) is 12.0. The number of allylic oxidation sites excluding steroid dienone is 5. The van der Waals surface area contributed by atoms with Gasteiger partial charge < -0.3 is 28.8 Å². The minimum Gasteiger partial charge on any atom is -0.506 e. The van der Waals surface area contributed by atoms with E-state index in [9.17, 15) is 19.5 Å². The van der Waals surface area contributed by atoms with Crippen LogP contribution in [0.25, 0.3) is 6.08 Å². The lowest BCUT2D eigenvalue weighted by molar-refractivity contribution is -0.199. The van der Waals surface area contributed by atoms with Crippen LogP contribution >= 0.6 is 0 Å². The molecule has 1 spiro atoms. The van der Waals surface area contributed by atoms with Crippen LogP contribution in [0, 0.1) is 11.8 Å². The summed E-state index contributed by atoms with van der Waals surface area (Å²) in [5.74, 6) is -2.26. The highest BCUT2D eigenvalue weighted by atomic mass is 16.6. The van der Waals surface area contributed by atoms with Crippen LogP contribution in [0.4, 0.5) is 0 Å². The van der Waals surface area contributed by atoms with Crippen LogP contribution in [0.5, 0.6) is 17.2 Å². The van der Waals surface area contributed by atoms with Crippen molar-refractivity contribution < 1.29 is 48.0 Å². The van der Waals surface area contributed by atoms with E-state index in [1.54, 1.807) is 50.3 Å². The van der Waals surface area contributed by atoms with Crippen molar-refractivity contribution in [1.82, 2.24) is 0 Å². The smallest absolute Gasteiger partial charge is 0.338 e. The van der Waals surface area contributed by atoms with Crippen LogP contribution in [0.2, 0.25) is 0 Å². The van der Waals surface area contributed by atoms with Gasteiger partial charge in [-0.25, -0.2) is 9.59 Å². The SMILES string of the molecule is CCOC(=O)c1ccc(COC(=O)/C(C)=C/CC2(OC)C(=O)[C@@H]3C=C4C(=O)c5c(O)c6c(c(CC=C(C)C)c5OC42C(CC)C3)O[C@](C)(CCC=C(C)C)C=C6)cc1. The molecular formula is C48H56O10. The molecule has 2 aromatic rings. The van der Waals surface area contributed by atoms with Crippen molar-refractivity contribution in [3.05, 3.63) is 105 Å². The highest BCUT2D eigenvalue weighted by Gasteiger charge is 2.73. The van der Waals surface area contributed by atoms with Crippen LogP contribution < -0.4 is 9.47 Å². The predicted molar refractivity (Wildman–Crippen MR) is 221 cm³/mol. The fraction of sp³-hybridized carbons (Fsp3) is 0.458. The summed E-state index contributed by atoms with van der Waals surface area (Å²) in [7, 11) is 1.45. The molecule has 0 amide bonds. The molecule has 0 aromatic heterocycles. The Bertz CT molecular complexity index is 2160. The third-order valence-corrected chi connectivity index (χ3v) is 12.0. The second kappa shape index (κ2) is 16.6. The molecule has 1 saturated carbocycles. The lowest BCUT2D eigenvalue weighted by atomic mass is 9.50. The van der Waals surface area contributed by atoms with Crippen LogP contribution in [0.1, 0.15) is 125 Å². The van der Waals surface area contributed by atoms with Gasteiger partial charge in [0.1, 0.15) is 35.0 Å². The second-order valence-corrected chi connectivity index (χ2v) is 16.5. The Kier molecular flexibility index (Phi) is 12.1. The normalized spacial score (nSPS) is 25.3. The Morgan fingerprint density at radius 1 is 0.948 bits per heavy atom. The molecule has 2 aromatic carbocycles. The monoisotopic (exact) mass is 792 g/mol. The van der Waals surface area contributed by atoms with Gasteiger partial charge in [0.2, 0.25) is 0 Å². The van der Waals surface area contributed by atoms with Crippen molar-refractivity contribution >= 4 is 29.6 Å². The maximum Gasteiger partial charge on any atom is 0.338 e. The number of carbonyl (C=O) groups is 4. The summed E-state index contributed by atoms with van der Waals surface area (Å²) in [4.78, 5) is 55.1. The number of rotatable bonds is 14. The number of carbonyl (C=O) groups excluding carboxylic acids is 4. The molecule has 0 radical (unpaired) electrons. The number of ketones is 2. The summed E-state index contributed by atoms with van der Waals surface area (Å²) in [6.07, 6.45) is 14.0. The standard InChI is InChI=1S/C48H56O10/c1-10-34-25-33-26-37-40(50)38-39(49)35-21-23-46(8,22-12-13-28(3)4)57-41(35)36(19-14-29(5)6)42(38)58-48(34,37)47(54-9,43(33)51)24-20-30(7)44(52)56-27-31-15-17-32(18-16-31)45(53)55-11-2/h13-18,20-21,23,26,33-34,49H,10-12,19,22,24-25,27H2,1-9H3/b30-20+/t33-,34?,46+,47?,48?/m0/s1. The van der Waals surface area contributed by atoms with E-state index in [2.05, 4.69) is 19.9 Å². The molecule has 3 aliphatic carbocycles. The van der Waals surface area contributed by atoms with Gasteiger partial charge in [0.25, 0.3) is 0 Å². The fourth-order valence-electron chi connectivity index (χ4n) is 8.86. The van der Waals surface area contributed by atoms with E-state index in [1.165, 1.54) is 12.7 Å². The number of hydrogen-bond acceptors (Lipinski definition) is 10. The number of methoxy groups -OCH3 is 1. The molecule has 58 heavy (non-hydrogen) atoms. The fourth-order valence-corrected chi connectivity index (χ4v) is 8.86. The number of benzene rings is 2. The number of ether oxygens (including phenoxy) is 5. The van der Waals surface area contributed by atoms with Gasteiger partial charge >= 0.3 is 11.9 Å². The summed E-state index contributed by atoms with van der Waals surface area (Å²) in [6.45, 7) is 15.7. The predicted octanol–water partition coefficient (Wildman–Crippen LogP) is 9.32. The molecule has 308 valence electrons. The van der Waals surface area contributed by atoms with Crippen molar-refractivity contribution in [3.63, 3.8) is 0 Å². The molecule has 0 saturated heterocycles. The first-order valence-corrected chi connectivity index (χ1v) is 20.3. The summed E-state index contributed by atoms with van der Waals surface area (Å²) >= 11 is 0. The number of esters is 2. The number of Topliss-reactive ketones (excluding diaryl/α,β-unsaturated/α-hetero) is 2. The van der Waals surface area contributed by atoms with Crippen molar-refractivity contribution in [2.24, 2.45) is 11.8 Å². The molecule has 2 bridgehead atoms. The van der Waals surface area contributed by atoms with Crippen molar-refractivity contribution in [2.45, 2.75) is 117 Å². The van der Waals surface area contributed by atoms with Gasteiger partial charge in [-0.1, -0.05) is 54.5 Å². The van der Waals surface area contributed by atoms with Gasteiger partial charge in [0, 0.05) is 42.1 Å². The largest absolute Gasteiger partial charge is 0.506 e. The Labute approximate surface area is 341 Å². The van der Waals surface area contributed by atoms with Gasteiger partial charge in [-0.2, -0.15) is 0 Å². The molecule has 1 N–H and O–H groups in total. The van der Waals surface area contributed by atoms with E-state index < -0.39 is 40.4 Å². The Balaban J connectivity index is 1.40. The summed E-state index contributed by atoms with van der Waals surface area (Å²) in [5.41, 5.74) is 0.930. The first-order chi connectivity index (χ1) is 27.6. The molecule has 5 aliphatic rings. The van der Waals surface area contributed by atoms with Gasteiger partial charge in [-0.05, 0) is 110 Å². The Morgan fingerprint density at radius 2 is 1.66 bits per heavy atom. The molecule has 10 heteroatoms. The minimum absolute atomic E-state index is 0.0413. The maximum absolute atomic E-state index is 15.0. The maximum atomic E-state index is 15.0.